The maximum atomic E-state index is 11.7. The number of likely N-dealkylation sites (N-methyl/N-ethyl adjacent to an activating group) is 1. The second-order valence-corrected chi connectivity index (χ2v) is 3.63. The number of nitrogens with zero attached hydrogens (tertiary/aromatic N) is 1. The zero-order valence-corrected chi connectivity index (χ0v) is 11.2. The summed E-state index contributed by atoms with van der Waals surface area (Å²) in [5.74, 6) is -0.483. The molecule has 1 atom stereocenters. The molecule has 0 amide bonds. The minimum Gasteiger partial charge on any atom is -0.469 e. The van der Waals surface area contributed by atoms with E-state index in [9.17, 15) is 9.59 Å². The highest BCUT2D eigenvalue weighted by molar-refractivity contribution is 5.76. The average molecular weight is 245 g/mol. The summed E-state index contributed by atoms with van der Waals surface area (Å²) >= 11 is 0. The first-order valence-corrected chi connectivity index (χ1v) is 6.08. The van der Waals surface area contributed by atoms with Gasteiger partial charge in [-0.1, -0.05) is 13.8 Å². The minimum atomic E-state index is -0.274. The predicted molar refractivity (Wildman–Crippen MR) is 64.6 cm³/mol. The second kappa shape index (κ2) is 8.98. The Balaban J connectivity index is 4.37. The van der Waals surface area contributed by atoms with Crippen molar-refractivity contribution in [3.05, 3.63) is 0 Å². The van der Waals surface area contributed by atoms with Crippen molar-refractivity contribution in [2.45, 2.75) is 39.7 Å². The van der Waals surface area contributed by atoms with E-state index in [1.807, 2.05) is 18.7 Å². The predicted octanol–water partition coefficient (Wildman–Crippen LogP) is 1.21. The lowest BCUT2D eigenvalue weighted by Crippen LogP contribution is -2.42. The summed E-state index contributed by atoms with van der Waals surface area (Å²) in [5, 5.41) is 0. The molecule has 0 saturated carbocycles. The maximum absolute atomic E-state index is 11.7. The number of ether oxygens (including phenoxy) is 2. The Labute approximate surface area is 103 Å². The van der Waals surface area contributed by atoms with Gasteiger partial charge in [0.05, 0.1) is 20.1 Å². The number of esters is 2. The van der Waals surface area contributed by atoms with Crippen LogP contribution in [0.4, 0.5) is 0 Å². The van der Waals surface area contributed by atoms with E-state index in [2.05, 4.69) is 4.74 Å². The number of carbonyl (C=O) groups excluding carboxylic acids is 2. The van der Waals surface area contributed by atoms with Gasteiger partial charge >= 0.3 is 11.9 Å². The lowest BCUT2D eigenvalue weighted by atomic mass is 10.2. The lowest BCUT2D eigenvalue weighted by Gasteiger charge is -2.27. The molecule has 0 radical (unpaired) electrons. The molecule has 0 heterocycles. The molecular weight excluding hydrogens is 222 g/mol. The number of carbonyl (C=O) groups is 2. The smallest absolute Gasteiger partial charge is 0.323 e. The van der Waals surface area contributed by atoms with Crippen LogP contribution in [0, 0.1) is 0 Å². The molecule has 0 aliphatic rings. The van der Waals surface area contributed by atoms with Crippen molar-refractivity contribution >= 4 is 11.9 Å². The van der Waals surface area contributed by atoms with Crippen LogP contribution < -0.4 is 0 Å². The van der Waals surface area contributed by atoms with Crippen LogP contribution in [0.15, 0.2) is 0 Å². The third-order valence-corrected chi connectivity index (χ3v) is 2.62. The van der Waals surface area contributed by atoms with Crippen LogP contribution in [0.25, 0.3) is 0 Å². The summed E-state index contributed by atoms with van der Waals surface area (Å²) in [5.41, 5.74) is 0. The molecule has 100 valence electrons. The Bertz CT molecular complexity index is 243. The van der Waals surface area contributed by atoms with E-state index in [0.717, 1.165) is 0 Å². The van der Waals surface area contributed by atoms with Gasteiger partial charge in [-0.2, -0.15) is 0 Å². The number of methoxy groups -OCH3 is 1. The SMILES string of the molecule is CCOC(=O)C(CC)N(CC)CCC(=O)OC. The number of hydrogen-bond acceptors (Lipinski definition) is 5. The number of hydrogen-bond donors (Lipinski definition) is 0. The Morgan fingerprint density at radius 3 is 2.29 bits per heavy atom. The first-order valence-electron chi connectivity index (χ1n) is 6.08. The van der Waals surface area contributed by atoms with Crippen LogP contribution in [-0.2, 0) is 19.1 Å². The average Bonchev–Trinajstić information content (AvgIpc) is 2.33. The van der Waals surface area contributed by atoms with Crippen molar-refractivity contribution in [1.29, 1.82) is 0 Å². The normalized spacial score (nSPS) is 12.3. The zero-order chi connectivity index (χ0) is 13.3. The van der Waals surface area contributed by atoms with Crippen LogP contribution in [0.5, 0.6) is 0 Å². The van der Waals surface area contributed by atoms with Gasteiger partial charge in [0.2, 0.25) is 0 Å². The summed E-state index contributed by atoms with van der Waals surface area (Å²) < 4.78 is 9.60. The first-order chi connectivity index (χ1) is 8.10. The molecule has 0 aliphatic carbocycles. The van der Waals surface area contributed by atoms with E-state index >= 15 is 0 Å². The van der Waals surface area contributed by atoms with Crippen molar-refractivity contribution in [1.82, 2.24) is 4.90 Å². The van der Waals surface area contributed by atoms with Crippen LogP contribution >= 0.6 is 0 Å². The molecule has 5 heteroatoms. The molecule has 0 fully saturated rings. The monoisotopic (exact) mass is 245 g/mol. The van der Waals surface area contributed by atoms with Gasteiger partial charge < -0.3 is 9.47 Å². The standard InChI is InChI=1S/C12H23NO4/c1-5-10(12(15)17-7-3)13(6-2)9-8-11(14)16-4/h10H,5-9H2,1-4H3. The Hall–Kier alpha value is -1.10. The van der Waals surface area contributed by atoms with E-state index in [0.29, 0.717) is 32.5 Å². The van der Waals surface area contributed by atoms with Gasteiger partial charge in [0.15, 0.2) is 0 Å². The largest absolute Gasteiger partial charge is 0.469 e. The molecule has 0 aliphatic heterocycles. The third kappa shape index (κ3) is 5.68. The van der Waals surface area contributed by atoms with E-state index in [1.165, 1.54) is 7.11 Å². The van der Waals surface area contributed by atoms with E-state index < -0.39 is 0 Å². The molecule has 0 bridgehead atoms. The van der Waals surface area contributed by atoms with Crippen molar-refractivity contribution in [2.24, 2.45) is 0 Å². The minimum absolute atomic E-state index is 0.221. The quantitative estimate of drug-likeness (QED) is 0.602. The summed E-state index contributed by atoms with van der Waals surface area (Å²) in [6, 6.07) is -0.274. The maximum Gasteiger partial charge on any atom is 0.323 e. The molecule has 0 saturated heterocycles. The third-order valence-electron chi connectivity index (χ3n) is 2.62. The highest BCUT2D eigenvalue weighted by Crippen LogP contribution is 2.07. The van der Waals surface area contributed by atoms with Crippen molar-refractivity contribution in [3.63, 3.8) is 0 Å². The topological polar surface area (TPSA) is 55.8 Å². The molecule has 0 N–H and O–H groups in total. The van der Waals surface area contributed by atoms with Gasteiger partial charge in [-0.05, 0) is 19.9 Å². The van der Waals surface area contributed by atoms with Gasteiger partial charge in [0.1, 0.15) is 6.04 Å². The Morgan fingerprint density at radius 2 is 1.88 bits per heavy atom. The van der Waals surface area contributed by atoms with Crippen LogP contribution in [-0.4, -0.2) is 49.7 Å². The lowest BCUT2D eigenvalue weighted by molar-refractivity contribution is -0.151. The molecule has 0 aromatic carbocycles. The fourth-order valence-corrected chi connectivity index (χ4v) is 1.68. The summed E-state index contributed by atoms with van der Waals surface area (Å²) in [7, 11) is 1.36. The molecule has 5 nitrogen and oxygen atoms in total. The van der Waals surface area contributed by atoms with Gasteiger partial charge in [-0.25, -0.2) is 0 Å². The van der Waals surface area contributed by atoms with Gasteiger partial charge in [-0.15, -0.1) is 0 Å². The van der Waals surface area contributed by atoms with Gasteiger partial charge in [-0.3, -0.25) is 14.5 Å². The van der Waals surface area contributed by atoms with Gasteiger partial charge in [0, 0.05) is 6.54 Å². The molecule has 17 heavy (non-hydrogen) atoms. The molecule has 0 spiro atoms. The Morgan fingerprint density at radius 1 is 1.24 bits per heavy atom. The van der Waals surface area contributed by atoms with Crippen LogP contribution in [0.3, 0.4) is 0 Å². The van der Waals surface area contributed by atoms with E-state index in [4.69, 9.17) is 4.74 Å². The van der Waals surface area contributed by atoms with Crippen molar-refractivity contribution in [2.75, 3.05) is 26.8 Å². The molecule has 0 rings (SSSR count). The second-order valence-electron chi connectivity index (χ2n) is 3.63. The van der Waals surface area contributed by atoms with Crippen molar-refractivity contribution in [3.8, 4) is 0 Å². The highest BCUT2D eigenvalue weighted by Gasteiger charge is 2.24. The summed E-state index contributed by atoms with van der Waals surface area (Å²) in [6.07, 6.45) is 0.966. The summed E-state index contributed by atoms with van der Waals surface area (Å²) in [4.78, 5) is 24.7. The Kier molecular flexibility index (Phi) is 8.40. The van der Waals surface area contributed by atoms with Crippen LogP contribution in [0.1, 0.15) is 33.6 Å². The molecule has 0 aromatic rings. The van der Waals surface area contributed by atoms with Gasteiger partial charge in [0.25, 0.3) is 0 Å². The summed E-state index contributed by atoms with van der Waals surface area (Å²) in [6.45, 7) is 7.27. The fourth-order valence-electron chi connectivity index (χ4n) is 1.68. The highest BCUT2D eigenvalue weighted by atomic mass is 16.5. The number of rotatable bonds is 8. The van der Waals surface area contributed by atoms with Crippen molar-refractivity contribution < 1.29 is 19.1 Å². The first kappa shape index (κ1) is 15.9. The van der Waals surface area contributed by atoms with E-state index in [-0.39, 0.29) is 18.0 Å². The molecule has 0 aromatic heterocycles. The molecule has 1 unspecified atom stereocenters. The zero-order valence-electron chi connectivity index (χ0n) is 11.2. The van der Waals surface area contributed by atoms with E-state index in [1.54, 1.807) is 6.92 Å². The molecular formula is C12H23NO4. The van der Waals surface area contributed by atoms with Crippen LogP contribution in [0.2, 0.25) is 0 Å². The fraction of sp³-hybridized carbons (Fsp3) is 0.833.